The Balaban J connectivity index is 1.94. The quantitative estimate of drug-likeness (QED) is 0.765. The minimum absolute atomic E-state index is 0.483. The fourth-order valence-electron chi connectivity index (χ4n) is 2.04. The Morgan fingerprint density at radius 3 is 2.93 bits per heavy atom. The molecule has 1 aliphatic rings. The highest BCUT2D eigenvalue weighted by molar-refractivity contribution is 7.12. The largest absolute Gasteiger partial charge is 0.303 e. The van der Waals surface area contributed by atoms with Gasteiger partial charge in [-0.1, -0.05) is 12.2 Å². The van der Waals surface area contributed by atoms with E-state index in [9.17, 15) is 0 Å². The van der Waals surface area contributed by atoms with Crippen molar-refractivity contribution in [3.05, 3.63) is 34.0 Å². The Morgan fingerprint density at radius 1 is 1.47 bits per heavy atom. The van der Waals surface area contributed by atoms with E-state index in [0.717, 1.165) is 0 Å². The van der Waals surface area contributed by atoms with Crippen molar-refractivity contribution in [1.29, 1.82) is 0 Å². The van der Waals surface area contributed by atoms with Crippen LogP contribution in [0.3, 0.4) is 0 Å². The van der Waals surface area contributed by atoms with E-state index in [4.69, 9.17) is 0 Å². The van der Waals surface area contributed by atoms with Gasteiger partial charge in [0.15, 0.2) is 0 Å². The Hall–Kier alpha value is -0.600. The van der Waals surface area contributed by atoms with Gasteiger partial charge in [-0.05, 0) is 45.2 Å². The lowest BCUT2D eigenvalue weighted by Gasteiger charge is -2.22. The number of rotatable bonds is 3. The smallest absolute Gasteiger partial charge is 0.0391 e. The first-order valence-electron chi connectivity index (χ1n) is 5.75. The maximum Gasteiger partial charge on any atom is 0.0391 e. The first-order valence-corrected chi connectivity index (χ1v) is 6.56. The molecule has 15 heavy (non-hydrogen) atoms. The van der Waals surface area contributed by atoms with Crippen molar-refractivity contribution in [3.8, 4) is 0 Å². The summed E-state index contributed by atoms with van der Waals surface area (Å²) in [7, 11) is 0. The molecule has 0 amide bonds. The molecule has 0 saturated carbocycles. The summed E-state index contributed by atoms with van der Waals surface area (Å²) in [6.45, 7) is 4.43. The summed E-state index contributed by atoms with van der Waals surface area (Å²) < 4.78 is 0. The summed E-state index contributed by atoms with van der Waals surface area (Å²) in [6.07, 6.45) is 8.48. The summed E-state index contributed by atoms with van der Waals surface area (Å²) in [4.78, 5) is 2.85. The SMILES string of the molecule is Cc1ccc(C(C)NC2C=CCCC2)s1. The average molecular weight is 221 g/mol. The van der Waals surface area contributed by atoms with Gasteiger partial charge in [-0.25, -0.2) is 0 Å². The minimum atomic E-state index is 0.483. The predicted molar refractivity (Wildman–Crippen MR) is 67.4 cm³/mol. The van der Waals surface area contributed by atoms with E-state index in [1.54, 1.807) is 0 Å². The lowest BCUT2D eigenvalue weighted by Crippen LogP contribution is -2.30. The molecule has 1 heterocycles. The van der Waals surface area contributed by atoms with Crippen LogP contribution in [0.4, 0.5) is 0 Å². The molecule has 0 saturated heterocycles. The average Bonchev–Trinajstić information content (AvgIpc) is 2.66. The molecule has 2 atom stereocenters. The lowest BCUT2D eigenvalue weighted by molar-refractivity contribution is 0.471. The second kappa shape index (κ2) is 4.95. The van der Waals surface area contributed by atoms with E-state index in [2.05, 4.69) is 43.4 Å². The molecule has 1 aromatic rings. The van der Waals surface area contributed by atoms with Crippen LogP contribution in [0.1, 0.15) is 42.0 Å². The lowest BCUT2D eigenvalue weighted by atomic mass is 10.0. The van der Waals surface area contributed by atoms with Crippen molar-refractivity contribution in [1.82, 2.24) is 5.32 Å². The highest BCUT2D eigenvalue weighted by Gasteiger charge is 2.13. The number of hydrogen-bond acceptors (Lipinski definition) is 2. The maximum absolute atomic E-state index is 3.67. The van der Waals surface area contributed by atoms with Gasteiger partial charge in [0.1, 0.15) is 0 Å². The van der Waals surface area contributed by atoms with Crippen LogP contribution in [0.15, 0.2) is 24.3 Å². The number of aryl methyl sites for hydroxylation is 1. The summed E-state index contributed by atoms with van der Waals surface area (Å²) >= 11 is 1.90. The van der Waals surface area contributed by atoms with Crippen molar-refractivity contribution in [2.24, 2.45) is 0 Å². The van der Waals surface area contributed by atoms with Crippen molar-refractivity contribution < 1.29 is 0 Å². The van der Waals surface area contributed by atoms with Crippen LogP contribution in [0.2, 0.25) is 0 Å². The molecule has 1 aliphatic carbocycles. The summed E-state index contributed by atoms with van der Waals surface area (Å²) in [5.74, 6) is 0. The zero-order chi connectivity index (χ0) is 10.7. The molecular weight excluding hydrogens is 202 g/mol. The van der Waals surface area contributed by atoms with E-state index in [-0.39, 0.29) is 0 Å². The summed E-state index contributed by atoms with van der Waals surface area (Å²) in [5, 5.41) is 3.67. The molecule has 0 fully saturated rings. The van der Waals surface area contributed by atoms with Crippen LogP contribution in [0.25, 0.3) is 0 Å². The van der Waals surface area contributed by atoms with Gasteiger partial charge in [0, 0.05) is 21.8 Å². The Bertz CT molecular complexity index is 340. The summed E-state index contributed by atoms with van der Waals surface area (Å²) in [6, 6.07) is 5.51. The van der Waals surface area contributed by atoms with Gasteiger partial charge in [-0.15, -0.1) is 11.3 Å². The number of thiophene rings is 1. The van der Waals surface area contributed by atoms with E-state index in [1.165, 1.54) is 29.0 Å². The standard InChI is InChI=1S/C13H19NS/c1-10-8-9-13(15-10)11(2)14-12-6-4-3-5-7-12/h4,6,8-9,11-12,14H,3,5,7H2,1-2H3. The monoisotopic (exact) mass is 221 g/mol. The Morgan fingerprint density at radius 2 is 2.33 bits per heavy atom. The highest BCUT2D eigenvalue weighted by atomic mass is 32.1. The predicted octanol–water partition coefficient (Wildman–Crippen LogP) is 3.82. The molecule has 2 unspecified atom stereocenters. The van der Waals surface area contributed by atoms with Crippen molar-refractivity contribution >= 4 is 11.3 Å². The van der Waals surface area contributed by atoms with E-state index >= 15 is 0 Å². The normalized spacial score (nSPS) is 22.9. The third kappa shape index (κ3) is 2.93. The van der Waals surface area contributed by atoms with Crippen molar-refractivity contribution in [2.75, 3.05) is 0 Å². The highest BCUT2D eigenvalue weighted by Crippen LogP contribution is 2.23. The topological polar surface area (TPSA) is 12.0 Å². The first-order chi connectivity index (χ1) is 7.25. The van der Waals surface area contributed by atoms with Crippen LogP contribution >= 0.6 is 11.3 Å². The first kappa shape index (κ1) is 10.9. The molecule has 0 bridgehead atoms. The van der Waals surface area contributed by atoms with Crippen LogP contribution in [0, 0.1) is 6.92 Å². The van der Waals surface area contributed by atoms with Crippen molar-refractivity contribution in [3.63, 3.8) is 0 Å². The fourth-order valence-corrected chi connectivity index (χ4v) is 2.93. The molecule has 0 aliphatic heterocycles. The molecular formula is C13H19NS. The van der Waals surface area contributed by atoms with Crippen LogP contribution in [-0.2, 0) is 0 Å². The second-order valence-electron chi connectivity index (χ2n) is 4.30. The molecule has 2 rings (SSSR count). The number of hydrogen-bond donors (Lipinski definition) is 1. The molecule has 0 spiro atoms. The zero-order valence-corrected chi connectivity index (χ0v) is 10.3. The van der Waals surface area contributed by atoms with Crippen LogP contribution < -0.4 is 5.32 Å². The molecule has 2 heteroatoms. The van der Waals surface area contributed by atoms with Gasteiger partial charge in [0.25, 0.3) is 0 Å². The van der Waals surface area contributed by atoms with Gasteiger partial charge < -0.3 is 5.32 Å². The molecule has 1 nitrogen and oxygen atoms in total. The fraction of sp³-hybridized carbons (Fsp3) is 0.538. The van der Waals surface area contributed by atoms with Gasteiger partial charge >= 0.3 is 0 Å². The third-order valence-electron chi connectivity index (χ3n) is 2.91. The molecule has 82 valence electrons. The van der Waals surface area contributed by atoms with Gasteiger partial charge in [0.2, 0.25) is 0 Å². The Kier molecular flexibility index (Phi) is 3.60. The second-order valence-corrected chi connectivity index (χ2v) is 5.62. The molecule has 0 aromatic carbocycles. The van der Waals surface area contributed by atoms with Gasteiger partial charge in [-0.3, -0.25) is 0 Å². The molecule has 1 aromatic heterocycles. The van der Waals surface area contributed by atoms with Gasteiger partial charge in [0.05, 0.1) is 0 Å². The van der Waals surface area contributed by atoms with Crippen LogP contribution in [-0.4, -0.2) is 6.04 Å². The third-order valence-corrected chi connectivity index (χ3v) is 4.09. The van der Waals surface area contributed by atoms with E-state index in [1.807, 2.05) is 11.3 Å². The zero-order valence-electron chi connectivity index (χ0n) is 9.49. The van der Waals surface area contributed by atoms with Crippen molar-refractivity contribution in [2.45, 2.75) is 45.2 Å². The van der Waals surface area contributed by atoms with Crippen LogP contribution in [0.5, 0.6) is 0 Å². The molecule has 1 N–H and O–H groups in total. The minimum Gasteiger partial charge on any atom is -0.303 e. The van der Waals surface area contributed by atoms with Gasteiger partial charge in [-0.2, -0.15) is 0 Å². The number of allylic oxidation sites excluding steroid dienone is 1. The molecule has 0 radical (unpaired) electrons. The number of nitrogens with one attached hydrogen (secondary N) is 1. The van der Waals surface area contributed by atoms with E-state index in [0.29, 0.717) is 12.1 Å². The Labute approximate surface area is 96.2 Å². The maximum atomic E-state index is 3.67. The van der Waals surface area contributed by atoms with E-state index < -0.39 is 0 Å². The summed E-state index contributed by atoms with van der Waals surface area (Å²) in [5.41, 5.74) is 0.